The van der Waals surface area contributed by atoms with Crippen LogP contribution in [0.1, 0.15) is 0 Å². The van der Waals surface area contributed by atoms with Crippen LogP contribution >= 0.6 is 0 Å². The molecule has 0 aliphatic rings. The number of hydrogen-bond acceptors (Lipinski definition) is 2. The van der Waals surface area contributed by atoms with E-state index in [-0.39, 0.29) is 0 Å². The highest BCUT2D eigenvalue weighted by Crippen LogP contribution is 2.41. The molecule has 4 heteroatoms. The summed E-state index contributed by atoms with van der Waals surface area (Å²) in [5, 5.41) is 7.22. The van der Waals surface area contributed by atoms with Crippen LogP contribution in [0.5, 0.6) is 0 Å². The first-order valence-electron chi connectivity index (χ1n) is 17.7. The minimum atomic E-state index is 0.815. The van der Waals surface area contributed by atoms with Crippen LogP contribution in [0.3, 0.4) is 0 Å². The molecule has 0 saturated heterocycles. The summed E-state index contributed by atoms with van der Waals surface area (Å²) in [7, 11) is 0. The summed E-state index contributed by atoms with van der Waals surface area (Å²) >= 11 is 0. The molecule has 0 N–H and O–H groups in total. The smallest absolute Gasteiger partial charge is 0.165 e. The Hall–Kier alpha value is -7.04. The fourth-order valence-corrected chi connectivity index (χ4v) is 8.04. The highest BCUT2D eigenvalue weighted by molar-refractivity contribution is 6.19. The number of fused-ring (bicyclic) bond motifs is 8. The summed E-state index contributed by atoms with van der Waals surface area (Å²) < 4.78 is 4.74. The van der Waals surface area contributed by atoms with E-state index in [2.05, 4.69) is 173 Å². The molecule has 0 unspecified atom stereocenters. The molecule has 0 atom stereocenters. The summed E-state index contributed by atoms with van der Waals surface area (Å²) in [5.41, 5.74) is 11.7. The van der Waals surface area contributed by atoms with Crippen LogP contribution in [0.4, 0.5) is 0 Å². The Balaban J connectivity index is 1.21. The van der Waals surface area contributed by atoms with Gasteiger partial charge in [-0.25, -0.2) is 9.97 Å². The zero-order valence-electron chi connectivity index (χ0n) is 28.1. The molecule has 0 amide bonds. The van der Waals surface area contributed by atoms with E-state index in [1.807, 2.05) is 18.2 Å². The summed E-state index contributed by atoms with van der Waals surface area (Å²) in [6, 6.07) is 64.9. The molecule has 0 aliphatic carbocycles. The van der Waals surface area contributed by atoms with Crippen LogP contribution in [0.25, 0.3) is 99.3 Å². The third-order valence-corrected chi connectivity index (χ3v) is 10.5. The van der Waals surface area contributed by atoms with E-state index >= 15 is 0 Å². The second kappa shape index (κ2) is 11.2. The van der Waals surface area contributed by atoms with Gasteiger partial charge in [0.25, 0.3) is 0 Å². The molecule has 3 aromatic heterocycles. The zero-order chi connectivity index (χ0) is 34.2. The molecule has 52 heavy (non-hydrogen) atoms. The van der Waals surface area contributed by atoms with Crippen LogP contribution in [0.2, 0.25) is 0 Å². The summed E-state index contributed by atoms with van der Waals surface area (Å²) in [5.74, 6) is 0.815. The van der Waals surface area contributed by atoms with Gasteiger partial charge in [0.05, 0.1) is 33.1 Å². The lowest BCUT2D eigenvalue weighted by Gasteiger charge is -2.14. The van der Waals surface area contributed by atoms with Crippen molar-refractivity contribution >= 4 is 65.4 Å². The lowest BCUT2D eigenvalue weighted by Crippen LogP contribution is -2.03. The van der Waals surface area contributed by atoms with E-state index in [0.717, 1.165) is 44.8 Å². The van der Waals surface area contributed by atoms with E-state index in [9.17, 15) is 0 Å². The number of hydrogen-bond donors (Lipinski definition) is 0. The van der Waals surface area contributed by atoms with Crippen molar-refractivity contribution in [2.24, 2.45) is 0 Å². The first-order valence-corrected chi connectivity index (χ1v) is 17.7. The molecular weight excluding hydrogens is 633 g/mol. The minimum Gasteiger partial charge on any atom is -0.309 e. The average Bonchev–Trinajstić information content (AvgIpc) is 3.71. The zero-order valence-corrected chi connectivity index (χ0v) is 28.1. The Morgan fingerprint density at radius 1 is 0.327 bits per heavy atom. The number of aromatic nitrogens is 4. The summed E-state index contributed by atoms with van der Waals surface area (Å²) in [4.78, 5) is 10.7. The maximum absolute atomic E-state index is 5.39. The second-order valence-corrected chi connectivity index (χ2v) is 13.5. The van der Waals surface area contributed by atoms with E-state index in [1.54, 1.807) is 0 Å². The molecule has 0 aliphatic heterocycles. The van der Waals surface area contributed by atoms with Crippen molar-refractivity contribution in [2.45, 2.75) is 0 Å². The third kappa shape index (κ3) is 4.34. The van der Waals surface area contributed by atoms with Crippen molar-refractivity contribution in [3.8, 4) is 33.9 Å². The van der Waals surface area contributed by atoms with Gasteiger partial charge in [-0.15, -0.1) is 0 Å². The van der Waals surface area contributed by atoms with Gasteiger partial charge in [-0.3, -0.25) is 4.57 Å². The van der Waals surface area contributed by atoms with E-state index < -0.39 is 0 Å². The fourth-order valence-electron chi connectivity index (χ4n) is 8.04. The molecule has 0 fully saturated rings. The SMILES string of the molecule is c1ccc(-c2ccc(-c3nc4ccccc4nc3-n3c4ccccc4c4cc5c(cc43)c3ccccc3n5-c3ccc4ccccc4c3)cc2)cc1. The van der Waals surface area contributed by atoms with Crippen molar-refractivity contribution in [1.29, 1.82) is 0 Å². The van der Waals surface area contributed by atoms with Crippen molar-refractivity contribution in [1.82, 2.24) is 19.1 Å². The van der Waals surface area contributed by atoms with Crippen LogP contribution in [-0.2, 0) is 0 Å². The molecule has 0 bridgehead atoms. The first kappa shape index (κ1) is 28.8. The molecule has 4 nitrogen and oxygen atoms in total. The topological polar surface area (TPSA) is 35.6 Å². The van der Waals surface area contributed by atoms with E-state index in [1.165, 1.54) is 54.5 Å². The minimum absolute atomic E-state index is 0.815. The monoisotopic (exact) mass is 662 g/mol. The van der Waals surface area contributed by atoms with Gasteiger partial charge in [-0.2, -0.15) is 0 Å². The quantitative estimate of drug-likeness (QED) is 0.188. The molecule has 0 radical (unpaired) electrons. The number of nitrogens with zero attached hydrogens (tertiary/aromatic N) is 4. The predicted octanol–water partition coefficient (Wildman–Crippen LogP) is 12.3. The normalized spacial score (nSPS) is 11.8. The number of para-hydroxylation sites is 4. The Morgan fingerprint density at radius 2 is 0.865 bits per heavy atom. The molecule has 0 saturated carbocycles. The largest absolute Gasteiger partial charge is 0.309 e. The molecule has 8 aromatic carbocycles. The van der Waals surface area contributed by atoms with Crippen LogP contribution < -0.4 is 0 Å². The van der Waals surface area contributed by atoms with Gasteiger partial charge in [0.2, 0.25) is 0 Å². The average molecular weight is 663 g/mol. The standard InChI is InChI=1S/C48H30N4/c1-2-12-31(13-3-1)33-22-24-34(25-23-33)47-48(50-42-19-9-8-18-41(42)49-47)52-44-21-11-7-17-38(44)40-29-45-39(30-46(40)52)37-16-6-10-20-43(37)51(45)36-27-26-32-14-4-5-15-35(32)28-36/h1-30H. The molecule has 11 aromatic rings. The Morgan fingerprint density at radius 3 is 1.60 bits per heavy atom. The van der Waals surface area contributed by atoms with Crippen molar-refractivity contribution in [3.05, 3.63) is 182 Å². The maximum Gasteiger partial charge on any atom is 0.165 e. The Bertz CT molecular complexity index is 3170. The molecule has 0 spiro atoms. The highest BCUT2D eigenvalue weighted by atomic mass is 15.1. The fraction of sp³-hybridized carbons (Fsp3) is 0. The van der Waals surface area contributed by atoms with Crippen LogP contribution in [-0.4, -0.2) is 19.1 Å². The van der Waals surface area contributed by atoms with Gasteiger partial charge in [-0.05, 0) is 70.4 Å². The van der Waals surface area contributed by atoms with E-state index in [0.29, 0.717) is 0 Å². The number of rotatable bonds is 4. The van der Waals surface area contributed by atoms with Crippen LogP contribution in [0.15, 0.2) is 182 Å². The molecular formula is C48H30N4. The lowest BCUT2D eigenvalue weighted by atomic mass is 10.0. The highest BCUT2D eigenvalue weighted by Gasteiger charge is 2.22. The Labute approximate surface area is 299 Å². The van der Waals surface area contributed by atoms with Gasteiger partial charge in [-0.1, -0.05) is 133 Å². The summed E-state index contributed by atoms with van der Waals surface area (Å²) in [6.07, 6.45) is 0. The van der Waals surface area contributed by atoms with Crippen molar-refractivity contribution < 1.29 is 0 Å². The summed E-state index contributed by atoms with van der Waals surface area (Å²) in [6.45, 7) is 0. The molecule has 11 rings (SSSR count). The van der Waals surface area contributed by atoms with Gasteiger partial charge >= 0.3 is 0 Å². The van der Waals surface area contributed by atoms with Gasteiger partial charge in [0, 0.05) is 32.8 Å². The van der Waals surface area contributed by atoms with Gasteiger partial charge in [0.15, 0.2) is 5.82 Å². The maximum atomic E-state index is 5.39. The van der Waals surface area contributed by atoms with Crippen LogP contribution in [0, 0.1) is 0 Å². The van der Waals surface area contributed by atoms with Crippen molar-refractivity contribution in [3.63, 3.8) is 0 Å². The van der Waals surface area contributed by atoms with E-state index in [4.69, 9.17) is 9.97 Å². The van der Waals surface area contributed by atoms with Crippen molar-refractivity contribution in [2.75, 3.05) is 0 Å². The molecule has 3 heterocycles. The molecule has 242 valence electrons. The first-order chi connectivity index (χ1) is 25.8. The number of benzene rings is 8. The predicted molar refractivity (Wildman–Crippen MR) is 217 cm³/mol. The second-order valence-electron chi connectivity index (χ2n) is 13.5. The Kier molecular flexibility index (Phi) is 6.22. The lowest BCUT2D eigenvalue weighted by molar-refractivity contribution is 1.08. The third-order valence-electron chi connectivity index (χ3n) is 10.5. The van der Waals surface area contributed by atoms with Gasteiger partial charge < -0.3 is 4.57 Å². The van der Waals surface area contributed by atoms with Gasteiger partial charge in [0.1, 0.15) is 5.69 Å².